The summed E-state index contributed by atoms with van der Waals surface area (Å²) in [6.45, 7) is 4.38. The monoisotopic (exact) mass is 233 g/mol. The van der Waals surface area contributed by atoms with Crippen LogP contribution in [0, 0.1) is 0 Å². The van der Waals surface area contributed by atoms with Crippen molar-refractivity contribution >= 4 is 27.8 Å². The number of rotatable bonds is 4. The fraction of sp³-hybridized carbons (Fsp3) is 0.385. The number of carbonyl (C=O) groups is 1. The number of thiazole rings is 1. The molecule has 0 saturated carbocycles. The summed E-state index contributed by atoms with van der Waals surface area (Å²) < 4.78 is 1.23. The van der Waals surface area contributed by atoms with Gasteiger partial charge in [0.25, 0.3) is 0 Å². The number of aromatic nitrogens is 1. The number of fused-ring (bicyclic) bond motifs is 1. The van der Waals surface area contributed by atoms with Crippen molar-refractivity contribution in [3.63, 3.8) is 0 Å². The van der Waals surface area contributed by atoms with Crippen molar-refractivity contribution in [3.05, 3.63) is 28.8 Å². The van der Waals surface area contributed by atoms with Crippen molar-refractivity contribution in [1.29, 1.82) is 0 Å². The van der Waals surface area contributed by atoms with E-state index in [1.165, 1.54) is 10.3 Å². The molecule has 1 aromatic carbocycles. The van der Waals surface area contributed by atoms with Crippen molar-refractivity contribution in [2.75, 3.05) is 0 Å². The summed E-state index contributed by atoms with van der Waals surface area (Å²) in [6, 6.07) is 6.42. The van der Waals surface area contributed by atoms with Crippen LogP contribution in [0.3, 0.4) is 0 Å². The maximum atomic E-state index is 10.3. The molecule has 0 aliphatic rings. The molecule has 2 nitrogen and oxygen atoms in total. The first kappa shape index (κ1) is 11.3. The Morgan fingerprint density at radius 2 is 2.25 bits per heavy atom. The van der Waals surface area contributed by atoms with Gasteiger partial charge < -0.3 is 4.79 Å². The standard InChI is InChI=1S/C13H15NOS/c1-9(2)10-5-6-11-12(8-10)16-13(14-11)4-3-7-15/h5-9H,3-4H2,1-2H3. The quantitative estimate of drug-likeness (QED) is 0.756. The Balaban J connectivity index is 2.34. The third kappa shape index (κ3) is 2.30. The molecule has 0 N–H and O–H groups in total. The maximum Gasteiger partial charge on any atom is 0.120 e. The van der Waals surface area contributed by atoms with Crippen LogP contribution >= 0.6 is 11.3 Å². The predicted molar refractivity (Wildman–Crippen MR) is 68.1 cm³/mol. The zero-order valence-electron chi connectivity index (χ0n) is 9.56. The lowest BCUT2D eigenvalue weighted by Gasteiger charge is -2.03. The second-order valence-electron chi connectivity index (χ2n) is 4.19. The van der Waals surface area contributed by atoms with Crippen molar-refractivity contribution < 1.29 is 4.79 Å². The largest absolute Gasteiger partial charge is 0.303 e. The van der Waals surface area contributed by atoms with Gasteiger partial charge in [0.15, 0.2) is 0 Å². The molecule has 0 aliphatic heterocycles. The summed E-state index contributed by atoms with van der Waals surface area (Å²) in [6.07, 6.45) is 2.28. The Morgan fingerprint density at radius 1 is 1.44 bits per heavy atom. The number of hydrogen-bond donors (Lipinski definition) is 0. The van der Waals surface area contributed by atoms with E-state index in [9.17, 15) is 4.79 Å². The van der Waals surface area contributed by atoms with E-state index in [4.69, 9.17) is 0 Å². The second kappa shape index (κ2) is 4.74. The Hall–Kier alpha value is -1.22. The lowest BCUT2D eigenvalue weighted by Crippen LogP contribution is -1.85. The predicted octanol–water partition coefficient (Wildman–Crippen LogP) is 3.55. The van der Waals surface area contributed by atoms with E-state index < -0.39 is 0 Å². The molecule has 3 heteroatoms. The van der Waals surface area contributed by atoms with Crippen molar-refractivity contribution in [1.82, 2.24) is 4.98 Å². The molecule has 0 amide bonds. The smallest absolute Gasteiger partial charge is 0.120 e. The Bertz CT molecular complexity index is 502. The molecular weight excluding hydrogens is 218 g/mol. The van der Waals surface area contributed by atoms with Gasteiger partial charge in [-0.2, -0.15) is 0 Å². The highest BCUT2D eigenvalue weighted by atomic mass is 32.1. The maximum absolute atomic E-state index is 10.3. The van der Waals surface area contributed by atoms with Gasteiger partial charge in [-0.3, -0.25) is 0 Å². The molecular formula is C13H15NOS. The number of aryl methyl sites for hydroxylation is 1. The molecule has 0 aliphatic carbocycles. The highest BCUT2D eigenvalue weighted by molar-refractivity contribution is 7.18. The van der Waals surface area contributed by atoms with E-state index >= 15 is 0 Å². The molecule has 1 heterocycles. The van der Waals surface area contributed by atoms with Gasteiger partial charge in [0.2, 0.25) is 0 Å². The molecule has 0 spiro atoms. The molecule has 0 saturated heterocycles. The van der Waals surface area contributed by atoms with Crippen LogP contribution < -0.4 is 0 Å². The van der Waals surface area contributed by atoms with E-state index in [0.717, 1.165) is 23.2 Å². The lowest BCUT2D eigenvalue weighted by molar-refractivity contribution is -0.107. The molecule has 16 heavy (non-hydrogen) atoms. The van der Waals surface area contributed by atoms with Gasteiger partial charge in [-0.1, -0.05) is 19.9 Å². The van der Waals surface area contributed by atoms with Gasteiger partial charge in [-0.05, 0) is 23.6 Å². The first-order valence-electron chi connectivity index (χ1n) is 5.53. The first-order valence-corrected chi connectivity index (χ1v) is 6.35. The highest BCUT2D eigenvalue weighted by Crippen LogP contribution is 2.26. The van der Waals surface area contributed by atoms with Crippen LogP contribution in [-0.2, 0) is 11.2 Å². The van der Waals surface area contributed by atoms with Gasteiger partial charge in [-0.15, -0.1) is 11.3 Å². The molecule has 2 aromatic rings. The number of benzene rings is 1. The Kier molecular flexibility index (Phi) is 3.34. The van der Waals surface area contributed by atoms with Crippen LogP contribution in [0.15, 0.2) is 18.2 Å². The van der Waals surface area contributed by atoms with Crippen LogP contribution in [0.2, 0.25) is 0 Å². The molecule has 0 atom stereocenters. The normalized spacial score (nSPS) is 11.2. The fourth-order valence-corrected chi connectivity index (χ4v) is 2.67. The highest BCUT2D eigenvalue weighted by Gasteiger charge is 2.06. The molecule has 0 radical (unpaired) electrons. The third-order valence-corrected chi connectivity index (χ3v) is 3.68. The SMILES string of the molecule is CC(C)c1ccc2nc(CCC=O)sc2c1. The minimum atomic E-state index is 0.546. The minimum absolute atomic E-state index is 0.546. The van der Waals surface area contributed by atoms with E-state index in [1.807, 2.05) is 0 Å². The van der Waals surface area contributed by atoms with Crippen LogP contribution in [0.25, 0.3) is 10.2 Å². The topological polar surface area (TPSA) is 30.0 Å². The van der Waals surface area contributed by atoms with E-state index in [0.29, 0.717) is 12.3 Å². The molecule has 2 rings (SSSR count). The summed E-state index contributed by atoms with van der Waals surface area (Å²) in [4.78, 5) is 14.8. The second-order valence-corrected chi connectivity index (χ2v) is 5.31. The van der Waals surface area contributed by atoms with E-state index in [2.05, 4.69) is 37.0 Å². The number of carbonyl (C=O) groups excluding carboxylic acids is 1. The van der Waals surface area contributed by atoms with Gasteiger partial charge in [0.1, 0.15) is 6.29 Å². The van der Waals surface area contributed by atoms with E-state index in [-0.39, 0.29) is 0 Å². The molecule has 84 valence electrons. The van der Waals surface area contributed by atoms with Gasteiger partial charge in [0, 0.05) is 12.8 Å². The van der Waals surface area contributed by atoms with Gasteiger partial charge in [-0.25, -0.2) is 4.98 Å². The van der Waals surface area contributed by atoms with Crippen LogP contribution in [-0.4, -0.2) is 11.3 Å². The summed E-state index contributed by atoms with van der Waals surface area (Å²) in [7, 11) is 0. The van der Waals surface area contributed by atoms with Crippen molar-refractivity contribution in [3.8, 4) is 0 Å². The average molecular weight is 233 g/mol. The Morgan fingerprint density at radius 3 is 2.94 bits per heavy atom. The third-order valence-electron chi connectivity index (χ3n) is 2.60. The Labute approximate surface area is 99.3 Å². The summed E-state index contributed by atoms with van der Waals surface area (Å²) in [5.41, 5.74) is 2.40. The zero-order chi connectivity index (χ0) is 11.5. The fourth-order valence-electron chi connectivity index (χ4n) is 1.64. The number of nitrogens with zero attached hydrogens (tertiary/aromatic N) is 1. The molecule has 0 fully saturated rings. The molecule has 0 unspecified atom stereocenters. The number of hydrogen-bond acceptors (Lipinski definition) is 3. The summed E-state index contributed by atoms with van der Waals surface area (Å²) in [5, 5.41) is 1.06. The summed E-state index contributed by atoms with van der Waals surface area (Å²) in [5.74, 6) is 0.546. The zero-order valence-corrected chi connectivity index (χ0v) is 10.4. The first-order chi connectivity index (χ1) is 7.70. The lowest BCUT2D eigenvalue weighted by atomic mass is 10.0. The molecule has 0 bridgehead atoms. The van der Waals surface area contributed by atoms with Gasteiger partial charge >= 0.3 is 0 Å². The van der Waals surface area contributed by atoms with E-state index in [1.54, 1.807) is 11.3 Å². The van der Waals surface area contributed by atoms with Crippen molar-refractivity contribution in [2.45, 2.75) is 32.6 Å². The summed E-state index contributed by atoms with van der Waals surface area (Å²) >= 11 is 1.70. The minimum Gasteiger partial charge on any atom is -0.303 e. The number of aldehydes is 1. The molecule has 1 aromatic heterocycles. The van der Waals surface area contributed by atoms with Crippen LogP contribution in [0.1, 0.15) is 36.8 Å². The van der Waals surface area contributed by atoms with Crippen molar-refractivity contribution in [2.24, 2.45) is 0 Å². The van der Waals surface area contributed by atoms with Gasteiger partial charge in [0.05, 0.1) is 15.2 Å². The van der Waals surface area contributed by atoms with Crippen LogP contribution in [0.4, 0.5) is 0 Å². The van der Waals surface area contributed by atoms with Crippen LogP contribution in [0.5, 0.6) is 0 Å². The average Bonchev–Trinajstić information content (AvgIpc) is 2.67.